The number of anilines is 1. The van der Waals surface area contributed by atoms with Crippen molar-refractivity contribution < 1.29 is 38.1 Å². The Bertz CT molecular complexity index is 1660. The molecular weight excluding hydrogens is 600 g/mol. The van der Waals surface area contributed by atoms with Gasteiger partial charge in [-0.3, -0.25) is 28.8 Å². The Labute approximate surface area is 265 Å². The van der Waals surface area contributed by atoms with E-state index >= 15 is 0 Å². The number of ether oxygens (including phenoxy) is 4. The number of amides is 2. The van der Waals surface area contributed by atoms with Crippen molar-refractivity contribution in [1.82, 2.24) is 14.9 Å². The molecule has 0 bridgehead atoms. The third-order valence-electron chi connectivity index (χ3n) is 8.28. The number of ketones is 1. The Morgan fingerprint density at radius 1 is 1.17 bits per heavy atom. The number of terminal acetylenes is 1. The number of benzene rings is 1. The second-order valence-corrected chi connectivity index (χ2v) is 11.4. The summed E-state index contributed by atoms with van der Waals surface area (Å²) in [6.45, 7) is 7.67. The molecule has 2 aliphatic heterocycles. The normalized spacial score (nSPS) is 24.0. The van der Waals surface area contributed by atoms with Crippen molar-refractivity contribution >= 4 is 29.4 Å². The fourth-order valence-electron chi connectivity index (χ4n) is 5.57. The number of aromatic amines is 1. The van der Waals surface area contributed by atoms with Gasteiger partial charge in [-0.1, -0.05) is 18.1 Å². The van der Waals surface area contributed by atoms with Crippen LogP contribution in [-0.2, 0) is 39.8 Å². The highest BCUT2D eigenvalue weighted by molar-refractivity contribution is 6.06. The van der Waals surface area contributed by atoms with Crippen molar-refractivity contribution in [3.63, 3.8) is 0 Å². The first kappa shape index (κ1) is 34.1. The van der Waals surface area contributed by atoms with Gasteiger partial charge in [-0.15, -0.1) is 6.42 Å². The zero-order valence-electron chi connectivity index (χ0n) is 26.4. The maximum atomic E-state index is 13.5. The number of aryl methyl sites for hydroxylation is 1. The van der Waals surface area contributed by atoms with Crippen LogP contribution in [-0.4, -0.2) is 77.4 Å². The molecule has 0 saturated carbocycles. The highest BCUT2D eigenvalue weighted by atomic mass is 16.6. The van der Waals surface area contributed by atoms with Crippen LogP contribution in [0.3, 0.4) is 0 Å². The maximum Gasteiger partial charge on any atom is 0.346 e. The SMILES string of the molecule is C#C[C@@]1(C)[C@@H](COC(Cc2ccc(N3CCCNC3=O)cc2)(C(C)=O)C(=O)OCC)O[C@@H](n2cc(C)c(=O)[nH]c2=O)[C@@H]1OC(C)=O. The summed E-state index contributed by atoms with van der Waals surface area (Å²) < 4.78 is 24.3. The first-order chi connectivity index (χ1) is 21.8. The summed E-state index contributed by atoms with van der Waals surface area (Å²) in [6.07, 6.45) is 4.17. The Hall–Kier alpha value is -4.74. The molecule has 2 aromatic rings. The van der Waals surface area contributed by atoms with Crippen LogP contribution in [0.5, 0.6) is 0 Å². The van der Waals surface area contributed by atoms with Crippen molar-refractivity contribution in [1.29, 1.82) is 0 Å². The lowest BCUT2D eigenvalue weighted by molar-refractivity contribution is -0.183. The third-order valence-corrected chi connectivity index (χ3v) is 8.28. The standard InChI is InChI=1S/C32H38N4O10/c1-7-31(6)24(46-27(25(31)45-21(5)38)36-17-19(3)26(39)34-30(36)42)18-44-32(20(4)37,28(40)43-8-2)16-22-10-12-23(13-11-22)35-15-9-14-33-29(35)41/h1,10-13,17,24-25,27H,8-9,14-16,18H2,2-6H3,(H,33,41)(H,34,39,42)/t24-,25+,27-,31+,32?/m1/s1. The number of Topliss-reactive ketones (excluding diaryl/α,β-unsaturated/α-hetero) is 1. The molecule has 46 heavy (non-hydrogen) atoms. The van der Waals surface area contributed by atoms with Gasteiger partial charge in [-0.2, -0.15) is 0 Å². The third kappa shape index (κ3) is 6.61. The molecule has 14 nitrogen and oxygen atoms in total. The number of rotatable bonds is 11. The summed E-state index contributed by atoms with van der Waals surface area (Å²) in [6, 6.07) is 6.58. The van der Waals surface area contributed by atoms with E-state index in [1.54, 1.807) is 43.0 Å². The van der Waals surface area contributed by atoms with Crippen LogP contribution in [0.4, 0.5) is 10.5 Å². The number of H-pyrrole nitrogens is 1. The first-order valence-corrected chi connectivity index (χ1v) is 14.9. The first-order valence-electron chi connectivity index (χ1n) is 14.9. The molecule has 2 fully saturated rings. The number of hydrogen-bond acceptors (Lipinski definition) is 10. The van der Waals surface area contributed by atoms with Gasteiger partial charge in [0.15, 0.2) is 18.1 Å². The minimum atomic E-state index is -2.13. The molecule has 4 rings (SSSR count). The monoisotopic (exact) mass is 638 g/mol. The van der Waals surface area contributed by atoms with E-state index in [1.807, 2.05) is 0 Å². The number of aromatic nitrogens is 2. The van der Waals surface area contributed by atoms with Crippen molar-refractivity contribution in [3.05, 3.63) is 62.4 Å². The number of esters is 2. The Morgan fingerprint density at radius 2 is 1.87 bits per heavy atom. The fourth-order valence-corrected chi connectivity index (χ4v) is 5.57. The molecule has 0 spiro atoms. The highest BCUT2D eigenvalue weighted by Gasteiger charge is 2.57. The molecular formula is C32H38N4O10. The molecule has 2 saturated heterocycles. The average molecular weight is 639 g/mol. The second kappa shape index (κ2) is 13.7. The largest absolute Gasteiger partial charge is 0.463 e. The number of nitrogens with zero attached hydrogens (tertiary/aromatic N) is 2. The smallest absolute Gasteiger partial charge is 0.346 e. The number of carbonyl (C=O) groups is 4. The number of carbonyl (C=O) groups excluding carboxylic acids is 4. The van der Waals surface area contributed by atoms with Crippen LogP contribution in [0.25, 0.3) is 0 Å². The van der Waals surface area contributed by atoms with Gasteiger partial charge in [-0.05, 0) is 51.8 Å². The summed E-state index contributed by atoms with van der Waals surface area (Å²) >= 11 is 0. The number of urea groups is 1. The molecule has 3 heterocycles. The van der Waals surface area contributed by atoms with Gasteiger partial charge < -0.3 is 24.3 Å². The Balaban J connectivity index is 1.68. The maximum absolute atomic E-state index is 13.5. The van der Waals surface area contributed by atoms with E-state index in [2.05, 4.69) is 16.2 Å². The van der Waals surface area contributed by atoms with Crippen molar-refractivity contribution in [3.8, 4) is 12.3 Å². The molecule has 1 unspecified atom stereocenters. The highest BCUT2D eigenvalue weighted by Crippen LogP contribution is 2.45. The molecule has 0 aliphatic carbocycles. The van der Waals surface area contributed by atoms with Gasteiger partial charge in [0.1, 0.15) is 6.10 Å². The van der Waals surface area contributed by atoms with E-state index in [0.29, 0.717) is 24.3 Å². The summed E-state index contributed by atoms with van der Waals surface area (Å²) in [5.41, 5.74) is -3.60. The zero-order chi connectivity index (χ0) is 33.8. The van der Waals surface area contributed by atoms with Crippen molar-refractivity contribution in [2.45, 2.75) is 71.5 Å². The Morgan fingerprint density at radius 3 is 2.46 bits per heavy atom. The Kier molecular flexibility index (Phi) is 10.2. The van der Waals surface area contributed by atoms with Crippen molar-refractivity contribution in [2.24, 2.45) is 5.41 Å². The lowest BCUT2D eigenvalue weighted by Crippen LogP contribution is -2.53. The molecule has 0 radical (unpaired) electrons. The topological polar surface area (TPSA) is 175 Å². The van der Waals surface area contributed by atoms with E-state index in [9.17, 15) is 28.8 Å². The molecule has 5 atom stereocenters. The van der Waals surface area contributed by atoms with Crippen LogP contribution < -0.4 is 21.5 Å². The molecule has 1 aromatic carbocycles. The number of nitrogens with one attached hydrogen (secondary N) is 2. The lowest BCUT2D eigenvalue weighted by Gasteiger charge is -2.33. The van der Waals surface area contributed by atoms with Crippen LogP contribution in [0.2, 0.25) is 0 Å². The molecule has 246 valence electrons. The van der Waals surface area contributed by atoms with Gasteiger partial charge in [0.2, 0.25) is 5.60 Å². The van der Waals surface area contributed by atoms with Gasteiger partial charge in [-0.25, -0.2) is 14.4 Å². The summed E-state index contributed by atoms with van der Waals surface area (Å²) in [5.74, 6) is 0.316. The summed E-state index contributed by atoms with van der Waals surface area (Å²) in [7, 11) is 0. The fraction of sp³-hybridized carbons (Fsp3) is 0.500. The molecule has 1 aromatic heterocycles. The van der Waals surface area contributed by atoms with Crippen LogP contribution in [0, 0.1) is 24.7 Å². The predicted molar refractivity (Wildman–Crippen MR) is 164 cm³/mol. The lowest BCUT2D eigenvalue weighted by atomic mass is 9.81. The molecule has 2 amide bonds. The summed E-state index contributed by atoms with van der Waals surface area (Å²) in [5, 5.41) is 2.79. The minimum absolute atomic E-state index is 0.0344. The molecule has 2 N–H and O–H groups in total. The van der Waals surface area contributed by atoms with Crippen LogP contribution >= 0.6 is 0 Å². The van der Waals surface area contributed by atoms with E-state index in [4.69, 9.17) is 25.4 Å². The van der Waals surface area contributed by atoms with E-state index in [0.717, 1.165) is 11.0 Å². The van der Waals surface area contributed by atoms with E-state index in [1.165, 1.54) is 27.0 Å². The predicted octanol–water partition coefficient (Wildman–Crippen LogP) is 1.38. The number of hydrogen-bond donors (Lipinski definition) is 2. The second-order valence-electron chi connectivity index (χ2n) is 11.4. The summed E-state index contributed by atoms with van der Waals surface area (Å²) in [4.78, 5) is 79.8. The van der Waals surface area contributed by atoms with Gasteiger partial charge in [0.25, 0.3) is 5.56 Å². The van der Waals surface area contributed by atoms with E-state index < -0.39 is 65.0 Å². The van der Waals surface area contributed by atoms with E-state index in [-0.39, 0.29) is 24.6 Å². The van der Waals surface area contributed by atoms with Gasteiger partial charge >= 0.3 is 23.7 Å². The van der Waals surface area contributed by atoms with Crippen molar-refractivity contribution in [2.75, 3.05) is 31.2 Å². The van der Waals surface area contributed by atoms with Crippen LogP contribution in [0.1, 0.15) is 51.5 Å². The minimum Gasteiger partial charge on any atom is -0.463 e. The quantitative estimate of drug-likeness (QED) is 0.208. The van der Waals surface area contributed by atoms with Gasteiger partial charge in [0.05, 0.1) is 18.6 Å². The molecule has 2 aliphatic rings. The molecule has 14 heteroatoms. The average Bonchev–Trinajstić information content (AvgIpc) is 3.28. The van der Waals surface area contributed by atoms with Gasteiger partial charge in [0, 0.05) is 43.9 Å². The van der Waals surface area contributed by atoms with Crippen LogP contribution in [0.15, 0.2) is 40.1 Å². The zero-order valence-corrected chi connectivity index (χ0v) is 26.4.